The summed E-state index contributed by atoms with van der Waals surface area (Å²) in [5.74, 6) is -0.204. The van der Waals surface area contributed by atoms with Crippen molar-refractivity contribution < 1.29 is 4.39 Å². The Balaban J connectivity index is 2.01. The molecule has 4 heteroatoms. The summed E-state index contributed by atoms with van der Waals surface area (Å²) in [4.78, 5) is 0. The predicted molar refractivity (Wildman–Crippen MR) is 87.4 cm³/mol. The fourth-order valence-electron chi connectivity index (χ4n) is 1.90. The van der Waals surface area contributed by atoms with Crippen molar-refractivity contribution in [3.8, 4) is 0 Å². The number of nitrogens with one attached hydrogen (secondary N) is 1. The first-order valence-corrected chi connectivity index (χ1v) is 7.46. The highest BCUT2D eigenvalue weighted by atomic mass is 127. The highest BCUT2D eigenvalue weighted by Gasteiger charge is 2.07. The average molecular weight is 390 g/mol. The predicted octanol–water partition coefficient (Wildman–Crippen LogP) is 5.13. The molecule has 2 aromatic rings. The van der Waals surface area contributed by atoms with E-state index in [2.05, 4.69) is 34.8 Å². The molecule has 0 aliphatic carbocycles. The molecule has 1 unspecified atom stereocenters. The van der Waals surface area contributed by atoms with Gasteiger partial charge in [-0.3, -0.25) is 0 Å². The van der Waals surface area contributed by atoms with Gasteiger partial charge in [-0.2, -0.15) is 0 Å². The molecular formula is C15H14ClFIN. The summed E-state index contributed by atoms with van der Waals surface area (Å²) in [5.41, 5.74) is 2.03. The second kappa shape index (κ2) is 6.57. The molecule has 0 bridgehead atoms. The van der Waals surface area contributed by atoms with Crippen LogP contribution in [-0.2, 0) is 6.42 Å². The largest absolute Gasteiger partial charge is 0.381 e. The van der Waals surface area contributed by atoms with Gasteiger partial charge in [-0.05, 0) is 71.8 Å². The first kappa shape index (κ1) is 14.6. The molecule has 100 valence electrons. The minimum Gasteiger partial charge on any atom is -0.381 e. The normalized spacial score (nSPS) is 12.2. The fourth-order valence-corrected chi connectivity index (χ4v) is 2.81. The van der Waals surface area contributed by atoms with Crippen LogP contribution in [0.3, 0.4) is 0 Å². The van der Waals surface area contributed by atoms with Crippen molar-refractivity contribution in [2.24, 2.45) is 0 Å². The zero-order valence-electron chi connectivity index (χ0n) is 10.5. The zero-order valence-corrected chi connectivity index (χ0v) is 13.4. The van der Waals surface area contributed by atoms with Gasteiger partial charge in [0.05, 0.1) is 10.7 Å². The molecule has 0 fully saturated rings. The number of hydrogen-bond acceptors (Lipinski definition) is 1. The van der Waals surface area contributed by atoms with Gasteiger partial charge in [0.1, 0.15) is 5.82 Å². The van der Waals surface area contributed by atoms with E-state index in [0.29, 0.717) is 0 Å². The van der Waals surface area contributed by atoms with Gasteiger partial charge in [-0.25, -0.2) is 4.39 Å². The number of halogens is 3. The summed E-state index contributed by atoms with van der Waals surface area (Å²) in [6.07, 6.45) is 0.822. The number of anilines is 1. The lowest BCUT2D eigenvalue weighted by molar-refractivity contribution is 0.626. The van der Waals surface area contributed by atoms with Gasteiger partial charge >= 0.3 is 0 Å². The van der Waals surface area contributed by atoms with Gasteiger partial charge in [0.25, 0.3) is 0 Å². The maximum absolute atomic E-state index is 12.8. The lowest BCUT2D eigenvalue weighted by Gasteiger charge is -2.16. The quantitative estimate of drug-likeness (QED) is 0.715. The summed E-state index contributed by atoms with van der Waals surface area (Å²) in [6.45, 7) is 2.08. The Morgan fingerprint density at radius 3 is 2.53 bits per heavy atom. The van der Waals surface area contributed by atoms with Gasteiger partial charge in [0.15, 0.2) is 0 Å². The Bertz CT molecular complexity index is 557. The van der Waals surface area contributed by atoms with Crippen LogP contribution in [0.25, 0.3) is 0 Å². The van der Waals surface area contributed by atoms with Crippen molar-refractivity contribution in [1.82, 2.24) is 0 Å². The van der Waals surface area contributed by atoms with Crippen LogP contribution in [0, 0.1) is 9.39 Å². The van der Waals surface area contributed by atoms with E-state index in [1.54, 1.807) is 0 Å². The first-order valence-electron chi connectivity index (χ1n) is 6.00. The molecule has 0 aliphatic heterocycles. The molecule has 0 amide bonds. The van der Waals surface area contributed by atoms with Crippen LogP contribution in [0.1, 0.15) is 12.5 Å². The highest BCUT2D eigenvalue weighted by Crippen LogP contribution is 2.24. The summed E-state index contributed by atoms with van der Waals surface area (Å²) in [5, 5.41) is 4.09. The molecule has 0 radical (unpaired) electrons. The molecule has 2 aromatic carbocycles. The Labute approximate surface area is 131 Å². The number of rotatable bonds is 4. The third-order valence-electron chi connectivity index (χ3n) is 2.79. The molecule has 19 heavy (non-hydrogen) atoms. The van der Waals surface area contributed by atoms with E-state index in [-0.39, 0.29) is 11.9 Å². The third-order valence-corrected chi connectivity index (χ3v) is 3.77. The van der Waals surface area contributed by atoms with Crippen LogP contribution in [-0.4, -0.2) is 6.04 Å². The van der Waals surface area contributed by atoms with Gasteiger partial charge in [0.2, 0.25) is 0 Å². The van der Waals surface area contributed by atoms with Crippen molar-refractivity contribution >= 4 is 39.9 Å². The maximum atomic E-state index is 12.8. The molecule has 0 saturated carbocycles. The molecular weight excluding hydrogens is 376 g/mol. The van der Waals surface area contributed by atoms with Crippen molar-refractivity contribution in [1.29, 1.82) is 0 Å². The lowest BCUT2D eigenvalue weighted by atomic mass is 10.1. The summed E-state index contributed by atoms with van der Waals surface area (Å²) >= 11 is 8.41. The SMILES string of the molecule is CC(Cc1ccc(F)cc1)Nc1ccc(I)cc1Cl. The molecule has 1 N–H and O–H groups in total. The van der Waals surface area contributed by atoms with Crippen molar-refractivity contribution in [2.45, 2.75) is 19.4 Å². The Kier molecular flexibility index (Phi) is 5.05. The standard InChI is InChI=1S/C15H14ClFIN/c1-10(8-11-2-4-12(17)5-3-11)19-15-7-6-13(18)9-14(15)16/h2-7,9-10,19H,8H2,1H3. The molecule has 0 aromatic heterocycles. The maximum Gasteiger partial charge on any atom is 0.123 e. The molecule has 1 nitrogen and oxygen atoms in total. The molecule has 0 aliphatic rings. The minimum absolute atomic E-state index is 0.204. The minimum atomic E-state index is -0.204. The van der Waals surface area contributed by atoms with Crippen LogP contribution in [0.5, 0.6) is 0 Å². The van der Waals surface area contributed by atoms with E-state index in [1.165, 1.54) is 12.1 Å². The monoisotopic (exact) mass is 389 g/mol. The van der Waals surface area contributed by atoms with E-state index in [0.717, 1.165) is 26.3 Å². The fraction of sp³-hybridized carbons (Fsp3) is 0.200. The Morgan fingerprint density at radius 1 is 1.21 bits per heavy atom. The second-order valence-corrected chi connectivity index (χ2v) is 6.15. The topological polar surface area (TPSA) is 12.0 Å². The molecule has 0 heterocycles. The van der Waals surface area contributed by atoms with Gasteiger partial charge < -0.3 is 5.32 Å². The number of hydrogen-bond donors (Lipinski definition) is 1. The van der Waals surface area contributed by atoms with Crippen LogP contribution in [0.4, 0.5) is 10.1 Å². The summed E-state index contributed by atoms with van der Waals surface area (Å²) < 4.78 is 13.9. The summed E-state index contributed by atoms with van der Waals surface area (Å²) in [6, 6.07) is 12.7. The van der Waals surface area contributed by atoms with E-state index in [4.69, 9.17) is 11.6 Å². The van der Waals surface area contributed by atoms with E-state index >= 15 is 0 Å². The van der Waals surface area contributed by atoms with E-state index < -0.39 is 0 Å². The Morgan fingerprint density at radius 2 is 1.89 bits per heavy atom. The third kappa shape index (κ3) is 4.35. The lowest BCUT2D eigenvalue weighted by Crippen LogP contribution is -2.18. The van der Waals surface area contributed by atoms with Crippen LogP contribution < -0.4 is 5.32 Å². The zero-order chi connectivity index (χ0) is 13.8. The highest BCUT2D eigenvalue weighted by molar-refractivity contribution is 14.1. The second-order valence-electron chi connectivity index (χ2n) is 4.50. The van der Waals surface area contributed by atoms with Gasteiger partial charge in [-0.15, -0.1) is 0 Å². The van der Waals surface area contributed by atoms with Gasteiger partial charge in [-0.1, -0.05) is 23.7 Å². The van der Waals surface area contributed by atoms with Crippen LogP contribution in [0.15, 0.2) is 42.5 Å². The molecule has 2 rings (SSSR count). The van der Waals surface area contributed by atoms with E-state index in [1.807, 2.05) is 30.3 Å². The van der Waals surface area contributed by atoms with Crippen molar-refractivity contribution in [3.63, 3.8) is 0 Å². The smallest absolute Gasteiger partial charge is 0.123 e. The number of benzene rings is 2. The van der Waals surface area contributed by atoms with Crippen molar-refractivity contribution in [2.75, 3.05) is 5.32 Å². The molecule has 0 spiro atoms. The first-order chi connectivity index (χ1) is 9.04. The van der Waals surface area contributed by atoms with Crippen LogP contribution >= 0.6 is 34.2 Å². The average Bonchev–Trinajstić information content (AvgIpc) is 2.36. The summed E-state index contributed by atoms with van der Waals surface area (Å²) in [7, 11) is 0. The molecule has 0 saturated heterocycles. The van der Waals surface area contributed by atoms with Crippen molar-refractivity contribution in [3.05, 3.63) is 62.4 Å². The van der Waals surface area contributed by atoms with E-state index in [9.17, 15) is 4.39 Å². The molecule has 1 atom stereocenters. The Hall–Kier alpha value is -0.810. The van der Waals surface area contributed by atoms with Crippen LogP contribution in [0.2, 0.25) is 5.02 Å². The van der Waals surface area contributed by atoms with Gasteiger partial charge in [0, 0.05) is 9.61 Å².